The molecule has 4 aromatic rings. The van der Waals surface area contributed by atoms with Gasteiger partial charge in [-0.25, -0.2) is 9.78 Å². The van der Waals surface area contributed by atoms with E-state index in [0.29, 0.717) is 16.4 Å². The predicted molar refractivity (Wildman–Crippen MR) is 114 cm³/mol. The van der Waals surface area contributed by atoms with Crippen molar-refractivity contribution in [2.45, 2.75) is 13.5 Å². The van der Waals surface area contributed by atoms with Gasteiger partial charge >= 0.3 is 5.97 Å². The maximum Gasteiger partial charge on any atom is 0.338 e. The Morgan fingerprint density at radius 2 is 1.69 bits per heavy atom. The topological polar surface area (TPSA) is 59.5 Å². The number of aromatic nitrogens is 1. The van der Waals surface area contributed by atoms with Crippen LogP contribution in [0.25, 0.3) is 10.8 Å². The van der Waals surface area contributed by atoms with E-state index in [9.17, 15) is 9.59 Å². The number of benzene rings is 3. The number of hydrogen-bond acceptors (Lipinski definition) is 5. The maximum absolute atomic E-state index is 12.4. The van der Waals surface area contributed by atoms with Gasteiger partial charge in [-0.2, -0.15) is 0 Å². The van der Waals surface area contributed by atoms with Crippen LogP contribution in [0, 0.1) is 0 Å². The molecule has 0 aliphatic rings. The van der Waals surface area contributed by atoms with Gasteiger partial charge in [0.15, 0.2) is 5.13 Å². The molecule has 0 unspecified atom stereocenters. The number of anilines is 2. The molecule has 4 rings (SSSR count). The molecule has 0 bridgehead atoms. The van der Waals surface area contributed by atoms with Crippen LogP contribution in [-0.4, -0.2) is 16.9 Å². The summed E-state index contributed by atoms with van der Waals surface area (Å²) in [6, 6.07) is 22.6. The molecule has 0 atom stereocenters. The number of amides is 1. The molecule has 3 aromatic carbocycles. The Kier molecular flexibility index (Phi) is 5.35. The molecule has 0 aliphatic heterocycles. The van der Waals surface area contributed by atoms with Gasteiger partial charge in [0.25, 0.3) is 0 Å². The van der Waals surface area contributed by atoms with E-state index in [1.807, 2.05) is 66.7 Å². The first-order chi connectivity index (χ1) is 14.1. The zero-order valence-electron chi connectivity index (χ0n) is 15.7. The number of fused-ring (bicyclic) bond motifs is 1. The van der Waals surface area contributed by atoms with Crippen molar-refractivity contribution in [1.82, 2.24) is 4.98 Å². The molecule has 5 nitrogen and oxygen atoms in total. The highest BCUT2D eigenvalue weighted by Crippen LogP contribution is 2.29. The highest BCUT2D eigenvalue weighted by Gasteiger charge is 2.18. The highest BCUT2D eigenvalue weighted by atomic mass is 32.1. The largest absolute Gasteiger partial charge is 0.456 e. The maximum atomic E-state index is 12.4. The van der Waals surface area contributed by atoms with E-state index in [1.54, 1.807) is 16.3 Å². The zero-order chi connectivity index (χ0) is 20.2. The van der Waals surface area contributed by atoms with Crippen LogP contribution in [0.15, 0.2) is 78.2 Å². The second-order valence-electron chi connectivity index (χ2n) is 6.45. The number of esters is 1. The van der Waals surface area contributed by atoms with Crippen molar-refractivity contribution in [3.8, 4) is 0 Å². The first kappa shape index (κ1) is 18.8. The third-order valence-electron chi connectivity index (χ3n) is 4.40. The Labute approximate surface area is 172 Å². The number of nitrogens with zero attached hydrogens (tertiary/aromatic N) is 2. The number of ether oxygens (including phenoxy) is 1. The smallest absolute Gasteiger partial charge is 0.338 e. The Bertz CT molecular complexity index is 1170. The van der Waals surface area contributed by atoms with Gasteiger partial charge in [0.2, 0.25) is 5.91 Å². The van der Waals surface area contributed by atoms with Gasteiger partial charge < -0.3 is 4.74 Å². The molecule has 0 N–H and O–H groups in total. The minimum absolute atomic E-state index is 0.0443. The first-order valence-corrected chi connectivity index (χ1v) is 9.96. The third kappa shape index (κ3) is 4.17. The summed E-state index contributed by atoms with van der Waals surface area (Å²) in [7, 11) is 0. The molecule has 0 spiro atoms. The van der Waals surface area contributed by atoms with Gasteiger partial charge in [-0.3, -0.25) is 9.69 Å². The molecule has 0 saturated carbocycles. The van der Waals surface area contributed by atoms with Crippen molar-refractivity contribution in [3.63, 3.8) is 0 Å². The zero-order valence-corrected chi connectivity index (χ0v) is 16.6. The fourth-order valence-corrected chi connectivity index (χ4v) is 3.88. The van der Waals surface area contributed by atoms with E-state index in [2.05, 4.69) is 4.98 Å². The van der Waals surface area contributed by atoms with Gasteiger partial charge in [0.1, 0.15) is 6.61 Å². The standard InChI is InChI=1S/C23H18N2O3S/c1-16(26)25(21-9-3-2-4-10-21)23-24-20(15-29-23)14-28-22(27)19-12-11-17-7-5-6-8-18(17)13-19/h2-13,15H,14H2,1H3. The molecule has 0 radical (unpaired) electrons. The Morgan fingerprint density at radius 1 is 0.966 bits per heavy atom. The van der Waals surface area contributed by atoms with Crippen molar-refractivity contribution in [2.24, 2.45) is 0 Å². The molecule has 0 fully saturated rings. The predicted octanol–water partition coefficient (Wildman–Crippen LogP) is 5.34. The third-order valence-corrected chi connectivity index (χ3v) is 5.27. The molecule has 29 heavy (non-hydrogen) atoms. The SMILES string of the molecule is CC(=O)N(c1ccccc1)c1nc(COC(=O)c2ccc3ccccc3c2)cs1. The van der Waals surface area contributed by atoms with E-state index in [0.717, 1.165) is 16.5 Å². The summed E-state index contributed by atoms with van der Waals surface area (Å²) in [6.45, 7) is 1.54. The van der Waals surface area contributed by atoms with Crippen molar-refractivity contribution in [1.29, 1.82) is 0 Å². The molecule has 6 heteroatoms. The molecular weight excluding hydrogens is 384 g/mol. The number of carbonyl (C=O) groups excluding carboxylic acids is 2. The van der Waals surface area contributed by atoms with Crippen LogP contribution in [0.3, 0.4) is 0 Å². The molecule has 1 heterocycles. The fraction of sp³-hybridized carbons (Fsp3) is 0.0870. The van der Waals surface area contributed by atoms with Crippen molar-refractivity contribution in [3.05, 3.63) is 89.4 Å². The second kappa shape index (κ2) is 8.24. The van der Waals surface area contributed by atoms with Gasteiger partial charge in [0, 0.05) is 12.3 Å². The van der Waals surface area contributed by atoms with Crippen LogP contribution >= 0.6 is 11.3 Å². The number of thiazole rings is 1. The lowest BCUT2D eigenvalue weighted by Crippen LogP contribution is -2.22. The van der Waals surface area contributed by atoms with Crippen LogP contribution in [0.4, 0.5) is 10.8 Å². The normalized spacial score (nSPS) is 10.7. The molecule has 1 aromatic heterocycles. The van der Waals surface area contributed by atoms with Crippen LogP contribution in [-0.2, 0) is 16.1 Å². The average Bonchev–Trinajstić information content (AvgIpc) is 3.20. The van der Waals surface area contributed by atoms with Crippen LogP contribution < -0.4 is 4.90 Å². The molecule has 0 saturated heterocycles. The number of carbonyl (C=O) groups is 2. The second-order valence-corrected chi connectivity index (χ2v) is 7.29. The van der Waals surface area contributed by atoms with Crippen LogP contribution in [0.1, 0.15) is 23.0 Å². The van der Waals surface area contributed by atoms with E-state index >= 15 is 0 Å². The monoisotopic (exact) mass is 402 g/mol. The summed E-state index contributed by atoms with van der Waals surface area (Å²) in [5.74, 6) is -0.540. The van der Waals surface area contributed by atoms with E-state index in [4.69, 9.17) is 4.74 Å². The van der Waals surface area contributed by atoms with Crippen LogP contribution in [0.2, 0.25) is 0 Å². The van der Waals surface area contributed by atoms with Crippen molar-refractivity contribution >= 4 is 44.8 Å². The summed E-state index contributed by atoms with van der Waals surface area (Å²) in [5.41, 5.74) is 1.84. The lowest BCUT2D eigenvalue weighted by atomic mass is 10.1. The minimum atomic E-state index is -0.406. The van der Waals surface area contributed by atoms with Crippen molar-refractivity contribution in [2.75, 3.05) is 4.90 Å². The van der Waals surface area contributed by atoms with Crippen molar-refractivity contribution < 1.29 is 14.3 Å². The summed E-state index contributed by atoms with van der Waals surface area (Å²) in [4.78, 5) is 30.6. The van der Waals surface area contributed by atoms with Gasteiger partial charge in [0.05, 0.1) is 16.9 Å². The number of rotatable bonds is 5. The van der Waals surface area contributed by atoms with E-state index < -0.39 is 5.97 Å². The summed E-state index contributed by atoms with van der Waals surface area (Å²) in [5, 5.41) is 4.39. The lowest BCUT2D eigenvalue weighted by Gasteiger charge is -2.17. The molecule has 144 valence electrons. The Morgan fingerprint density at radius 3 is 2.45 bits per heavy atom. The Balaban J connectivity index is 1.47. The van der Waals surface area contributed by atoms with E-state index in [1.165, 1.54) is 18.3 Å². The van der Waals surface area contributed by atoms with Gasteiger partial charge in [-0.15, -0.1) is 11.3 Å². The Hall–Kier alpha value is -3.51. The quantitative estimate of drug-likeness (QED) is 0.423. The summed E-state index contributed by atoms with van der Waals surface area (Å²) in [6.07, 6.45) is 0. The van der Waals surface area contributed by atoms with E-state index in [-0.39, 0.29) is 12.5 Å². The molecule has 1 amide bonds. The highest BCUT2D eigenvalue weighted by molar-refractivity contribution is 7.14. The molecule has 0 aliphatic carbocycles. The fourth-order valence-electron chi connectivity index (χ4n) is 3.01. The van der Waals surface area contributed by atoms with Gasteiger partial charge in [-0.05, 0) is 35.0 Å². The lowest BCUT2D eigenvalue weighted by molar-refractivity contribution is -0.115. The number of para-hydroxylation sites is 1. The number of hydrogen-bond donors (Lipinski definition) is 0. The van der Waals surface area contributed by atoms with Crippen LogP contribution in [0.5, 0.6) is 0 Å². The average molecular weight is 402 g/mol. The summed E-state index contributed by atoms with van der Waals surface area (Å²) >= 11 is 1.33. The van der Waals surface area contributed by atoms with Gasteiger partial charge in [-0.1, -0.05) is 48.5 Å². The minimum Gasteiger partial charge on any atom is -0.456 e. The summed E-state index contributed by atoms with van der Waals surface area (Å²) < 4.78 is 5.42. The first-order valence-electron chi connectivity index (χ1n) is 9.08. The molecular formula is C23H18N2O3S.